The van der Waals surface area contributed by atoms with Crippen molar-refractivity contribution in [3.8, 4) is 5.75 Å². The van der Waals surface area contributed by atoms with Gasteiger partial charge in [-0.15, -0.1) is 0 Å². The number of aromatic nitrogens is 2. The lowest BCUT2D eigenvalue weighted by molar-refractivity contribution is -0.134. The number of nitrogens with zero attached hydrogens (tertiary/aromatic N) is 1. The zero-order chi connectivity index (χ0) is 22.0. The molecule has 0 unspecified atom stereocenters. The number of H-pyrrole nitrogens is 1. The fourth-order valence-electron chi connectivity index (χ4n) is 3.02. The van der Waals surface area contributed by atoms with Crippen molar-refractivity contribution in [1.82, 2.24) is 9.97 Å². The third-order valence-corrected chi connectivity index (χ3v) is 4.42. The molecule has 1 aromatic carbocycles. The summed E-state index contributed by atoms with van der Waals surface area (Å²) >= 11 is 0. The molecule has 4 rings (SSSR count). The second kappa shape index (κ2) is 8.28. The number of carbonyl (C=O) groups is 2. The number of benzene rings is 1. The molecular formula is C21H16FN3O6. The van der Waals surface area contributed by atoms with Crippen LogP contribution < -0.4 is 10.1 Å². The van der Waals surface area contributed by atoms with E-state index in [1.165, 1.54) is 18.2 Å². The molecule has 0 bridgehead atoms. The number of aliphatic carboxylic acids is 1. The Kier molecular flexibility index (Phi) is 5.37. The SMILES string of the molecule is O=C(O)C1=C(Nc2ccc(OCCO)cc2F)OC(=Cc2c[nH]c3ncccc23)C1=O. The molecule has 158 valence electrons. The molecule has 10 heteroatoms. The number of fused-ring (bicyclic) bond motifs is 1. The average Bonchev–Trinajstić information content (AvgIpc) is 3.29. The van der Waals surface area contributed by atoms with Gasteiger partial charge in [-0.05, 0) is 30.3 Å². The van der Waals surface area contributed by atoms with E-state index in [4.69, 9.17) is 14.6 Å². The number of carboxylic acid groups (broad SMARTS) is 1. The van der Waals surface area contributed by atoms with E-state index in [-0.39, 0.29) is 30.4 Å². The molecule has 31 heavy (non-hydrogen) atoms. The highest BCUT2D eigenvalue weighted by molar-refractivity contribution is 6.26. The number of carboxylic acids is 1. The Hall–Kier alpha value is -4.18. The maximum Gasteiger partial charge on any atom is 0.345 e. The van der Waals surface area contributed by atoms with E-state index in [0.717, 1.165) is 6.07 Å². The molecule has 4 N–H and O–H groups in total. The van der Waals surface area contributed by atoms with Crippen LogP contribution in [0.2, 0.25) is 0 Å². The van der Waals surface area contributed by atoms with Crippen LogP contribution in [0.3, 0.4) is 0 Å². The predicted molar refractivity (Wildman–Crippen MR) is 107 cm³/mol. The lowest BCUT2D eigenvalue weighted by atomic mass is 10.1. The number of nitrogens with one attached hydrogen (secondary N) is 2. The van der Waals surface area contributed by atoms with Gasteiger partial charge in [-0.3, -0.25) is 4.79 Å². The number of anilines is 1. The molecule has 0 radical (unpaired) electrons. The summed E-state index contributed by atoms with van der Waals surface area (Å²) in [4.78, 5) is 31.4. The van der Waals surface area contributed by atoms with Crippen molar-refractivity contribution in [2.75, 3.05) is 18.5 Å². The highest BCUT2D eigenvalue weighted by atomic mass is 19.1. The highest BCUT2D eigenvalue weighted by Gasteiger charge is 2.36. The summed E-state index contributed by atoms with van der Waals surface area (Å²) in [5.41, 5.74) is 0.406. The molecule has 0 fully saturated rings. The summed E-state index contributed by atoms with van der Waals surface area (Å²) in [6.45, 7) is -0.232. The second-order valence-corrected chi connectivity index (χ2v) is 6.43. The van der Waals surface area contributed by atoms with Crippen molar-refractivity contribution in [3.63, 3.8) is 0 Å². The molecular weight excluding hydrogens is 409 g/mol. The molecule has 3 aromatic rings. The van der Waals surface area contributed by atoms with Crippen LogP contribution in [0.5, 0.6) is 5.75 Å². The standard InChI is InChI=1S/C21H16FN3O6/c22-14-9-12(30-7-6-26)3-4-15(14)25-20-17(21(28)29)18(27)16(31-20)8-11-10-24-19-13(11)2-1-5-23-19/h1-5,8-10,25-26H,6-7H2,(H,23,24)(H,28,29). The van der Waals surface area contributed by atoms with Crippen LogP contribution in [0, 0.1) is 5.82 Å². The first-order chi connectivity index (χ1) is 15.0. The smallest absolute Gasteiger partial charge is 0.345 e. The molecule has 1 aliphatic heterocycles. The van der Waals surface area contributed by atoms with Crippen LogP contribution in [0.25, 0.3) is 17.1 Å². The fourth-order valence-corrected chi connectivity index (χ4v) is 3.02. The van der Waals surface area contributed by atoms with Crippen molar-refractivity contribution < 1.29 is 33.7 Å². The Morgan fingerprint density at radius 2 is 2.19 bits per heavy atom. The number of Topliss-reactive ketones (excluding diaryl/α,β-unsaturated/α-hetero) is 1. The molecule has 0 saturated carbocycles. The van der Waals surface area contributed by atoms with Gasteiger partial charge < -0.3 is 30.0 Å². The minimum absolute atomic E-state index is 0.00431. The topological polar surface area (TPSA) is 134 Å². The first kappa shape index (κ1) is 20.1. The van der Waals surface area contributed by atoms with Gasteiger partial charge in [0.05, 0.1) is 12.3 Å². The van der Waals surface area contributed by atoms with E-state index in [1.807, 2.05) is 0 Å². The van der Waals surface area contributed by atoms with Gasteiger partial charge in [0.1, 0.15) is 23.8 Å². The van der Waals surface area contributed by atoms with E-state index < -0.39 is 29.0 Å². The number of carbonyl (C=O) groups excluding carboxylic acids is 1. The maximum absolute atomic E-state index is 14.4. The molecule has 0 aliphatic carbocycles. The minimum atomic E-state index is -1.51. The summed E-state index contributed by atoms with van der Waals surface area (Å²) in [5.74, 6) is -3.57. The molecule has 0 amide bonds. The molecule has 3 heterocycles. The van der Waals surface area contributed by atoms with Gasteiger partial charge in [-0.1, -0.05) is 0 Å². The van der Waals surface area contributed by atoms with Crippen LogP contribution >= 0.6 is 0 Å². The third-order valence-electron chi connectivity index (χ3n) is 4.42. The van der Waals surface area contributed by atoms with E-state index in [1.54, 1.807) is 24.5 Å². The van der Waals surface area contributed by atoms with Gasteiger partial charge in [-0.25, -0.2) is 14.2 Å². The summed E-state index contributed by atoms with van der Waals surface area (Å²) in [7, 11) is 0. The number of rotatable bonds is 7. The van der Waals surface area contributed by atoms with E-state index in [9.17, 15) is 19.1 Å². The number of allylic oxidation sites excluding steroid dienone is 1. The number of halogens is 1. The summed E-state index contributed by atoms with van der Waals surface area (Å²) in [6.07, 6.45) is 4.61. The number of hydrogen-bond acceptors (Lipinski definition) is 7. The summed E-state index contributed by atoms with van der Waals surface area (Å²) < 4.78 is 25.0. The predicted octanol–water partition coefficient (Wildman–Crippen LogP) is 2.42. The third kappa shape index (κ3) is 3.96. The zero-order valence-corrected chi connectivity index (χ0v) is 15.9. The number of hydrogen-bond donors (Lipinski definition) is 4. The van der Waals surface area contributed by atoms with Gasteiger partial charge >= 0.3 is 5.97 Å². The molecule has 0 atom stereocenters. The van der Waals surface area contributed by atoms with Gasteiger partial charge in [0, 0.05) is 29.4 Å². The van der Waals surface area contributed by atoms with E-state index in [0.29, 0.717) is 16.6 Å². The molecule has 0 saturated heterocycles. The normalized spacial score (nSPS) is 14.9. The number of aliphatic hydroxyl groups is 1. The van der Waals surface area contributed by atoms with E-state index in [2.05, 4.69) is 15.3 Å². The summed E-state index contributed by atoms with van der Waals surface area (Å²) in [5, 5.41) is 21.5. The number of pyridine rings is 1. The Morgan fingerprint density at radius 1 is 1.35 bits per heavy atom. The number of aliphatic hydroxyl groups excluding tert-OH is 1. The van der Waals surface area contributed by atoms with Crippen molar-refractivity contribution in [2.24, 2.45) is 0 Å². The number of ketones is 1. The average molecular weight is 425 g/mol. The van der Waals surface area contributed by atoms with Gasteiger partial charge in [0.2, 0.25) is 11.7 Å². The Bertz CT molecular complexity index is 1250. The zero-order valence-electron chi connectivity index (χ0n) is 15.9. The maximum atomic E-state index is 14.4. The van der Waals surface area contributed by atoms with Crippen LogP contribution in [0.1, 0.15) is 5.56 Å². The number of aromatic amines is 1. The van der Waals surface area contributed by atoms with Crippen molar-refractivity contribution in [3.05, 3.63) is 71.3 Å². The van der Waals surface area contributed by atoms with Gasteiger partial charge in [0.25, 0.3) is 0 Å². The van der Waals surface area contributed by atoms with Crippen molar-refractivity contribution in [1.29, 1.82) is 0 Å². The Morgan fingerprint density at radius 3 is 2.94 bits per heavy atom. The molecule has 9 nitrogen and oxygen atoms in total. The van der Waals surface area contributed by atoms with Crippen molar-refractivity contribution >= 4 is 34.5 Å². The summed E-state index contributed by atoms with van der Waals surface area (Å²) in [6, 6.07) is 7.29. The first-order valence-electron chi connectivity index (χ1n) is 9.12. The fraction of sp³-hybridized carbons (Fsp3) is 0.0952. The van der Waals surface area contributed by atoms with Crippen LogP contribution in [-0.2, 0) is 14.3 Å². The van der Waals surface area contributed by atoms with Crippen LogP contribution in [0.4, 0.5) is 10.1 Å². The van der Waals surface area contributed by atoms with Gasteiger partial charge in [0.15, 0.2) is 11.3 Å². The lowest BCUT2D eigenvalue weighted by Crippen LogP contribution is -2.12. The largest absolute Gasteiger partial charge is 0.491 e. The monoisotopic (exact) mass is 425 g/mol. The number of ether oxygens (including phenoxy) is 2. The first-order valence-corrected chi connectivity index (χ1v) is 9.12. The minimum Gasteiger partial charge on any atom is -0.491 e. The van der Waals surface area contributed by atoms with Crippen LogP contribution in [0.15, 0.2) is 59.9 Å². The highest BCUT2D eigenvalue weighted by Crippen LogP contribution is 2.31. The van der Waals surface area contributed by atoms with Crippen LogP contribution in [-0.4, -0.2) is 45.1 Å². The lowest BCUT2D eigenvalue weighted by Gasteiger charge is -2.11. The molecule has 0 spiro atoms. The Balaban J connectivity index is 1.63. The van der Waals surface area contributed by atoms with Crippen molar-refractivity contribution in [2.45, 2.75) is 0 Å². The molecule has 2 aromatic heterocycles. The van der Waals surface area contributed by atoms with E-state index >= 15 is 0 Å². The second-order valence-electron chi connectivity index (χ2n) is 6.43. The molecule has 1 aliphatic rings. The Labute approximate surface area is 174 Å². The van der Waals surface area contributed by atoms with Gasteiger partial charge in [-0.2, -0.15) is 0 Å². The quantitative estimate of drug-likeness (QED) is 0.335.